The molecule has 2 aliphatic heterocycles. The molecule has 3 aliphatic rings. The van der Waals surface area contributed by atoms with E-state index in [0.717, 1.165) is 38.1 Å². The fraction of sp³-hybridized carbons (Fsp3) is 1.00. The van der Waals surface area contributed by atoms with Crippen molar-refractivity contribution in [3.63, 3.8) is 0 Å². The molecular formula is C13H21ClO2. The molecule has 0 bridgehead atoms. The number of rotatable bonds is 1. The third-order valence-electron chi connectivity index (χ3n) is 4.67. The van der Waals surface area contributed by atoms with E-state index in [1.807, 2.05) is 0 Å². The van der Waals surface area contributed by atoms with Crippen molar-refractivity contribution < 1.29 is 9.47 Å². The van der Waals surface area contributed by atoms with Crippen LogP contribution in [0.25, 0.3) is 0 Å². The molecule has 16 heavy (non-hydrogen) atoms. The molecule has 3 heteroatoms. The Bertz CT molecular complexity index is 250. The summed E-state index contributed by atoms with van der Waals surface area (Å²) >= 11 is 6.22. The highest BCUT2D eigenvalue weighted by molar-refractivity contribution is 6.20. The predicted octanol–water partition coefficient (Wildman–Crippen LogP) is 2.98. The average Bonchev–Trinajstić information content (AvgIpc) is 2.89. The molecule has 4 atom stereocenters. The Morgan fingerprint density at radius 2 is 2.00 bits per heavy atom. The minimum atomic E-state index is 0.0767. The maximum atomic E-state index is 6.22. The Kier molecular flexibility index (Phi) is 3.16. The minimum Gasteiger partial charge on any atom is -0.378 e. The van der Waals surface area contributed by atoms with Crippen molar-refractivity contribution in [3.05, 3.63) is 0 Å². The van der Waals surface area contributed by atoms with E-state index in [1.165, 1.54) is 32.1 Å². The zero-order chi connectivity index (χ0) is 11.0. The number of hydrogen-bond acceptors (Lipinski definition) is 2. The second-order valence-electron chi connectivity index (χ2n) is 5.76. The summed E-state index contributed by atoms with van der Waals surface area (Å²) < 4.78 is 11.5. The minimum absolute atomic E-state index is 0.0767. The lowest BCUT2D eigenvalue weighted by Crippen LogP contribution is -2.42. The Hall–Kier alpha value is 0.210. The number of halogens is 1. The summed E-state index contributed by atoms with van der Waals surface area (Å²) in [5.41, 5.74) is 0.0767. The van der Waals surface area contributed by atoms with Crippen LogP contribution in [0.2, 0.25) is 0 Å². The van der Waals surface area contributed by atoms with Crippen molar-refractivity contribution >= 4 is 11.6 Å². The maximum absolute atomic E-state index is 6.22. The summed E-state index contributed by atoms with van der Waals surface area (Å²) in [5, 5.41) is 0.434. The molecule has 4 unspecified atom stereocenters. The molecule has 0 amide bonds. The maximum Gasteiger partial charge on any atom is 0.0939 e. The van der Waals surface area contributed by atoms with Crippen molar-refractivity contribution in [1.82, 2.24) is 0 Å². The van der Waals surface area contributed by atoms with Crippen LogP contribution >= 0.6 is 11.6 Å². The Morgan fingerprint density at radius 3 is 2.69 bits per heavy atom. The number of hydrogen-bond donors (Lipinski definition) is 0. The predicted molar refractivity (Wildman–Crippen MR) is 63.8 cm³/mol. The molecule has 2 heterocycles. The highest BCUT2D eigenvalue weighted by Crippen LogP contribution is 2.44. The van der Waals surface area contributed by atoms with E-state index < -0.39 is 0 Å². The summed E-state index contributed by atoms with van der Waals surface area (Å²) in [6.07, 6.45) is 7.31. The molecule has 1 spiro atoms. The average molecular weight is 245 g/mol. The van der Waals surface area contributed by atoms with Crippen LogP contribution in [-0.4, -0.2) is 30.8 Å². The van der Waals surface area contributed by atoms with E-state index in [9.17, 15) is 0 Å². The quantitative estimate of drug-likeness (QED) is 0.661. The second kappa shape index (κ2) is 4.47. The van der Waals surface area contributed by atoms with Crippen molar-refractivity contribution in [2.24, 2.45) is 11.8 Å². The molecule has 3 rings (SSSR count). The summed E-state index contributed by atoms with van der Waals surface area (Å²) in [6, 6.07) is 0. The van der Waals surface area contributed by atoms with Crippen molar-refractivity contribution in [2.75, 3.05) is 19.8 Å². The van der Waals surface area contributed by atoms with E-state index in [4.69, 9.17) is 21.1 Å². The molecular weight excluding hydrogens is 224 g/mol. The molecule has 0 radical (unpaired) electrons. The van der Waals surface area contributed by atoms with Gasteiger partial charge in [0, 0.05) is 25.0 Å². The van der Waals surface area contributed by atoms with Gasteiger partial charge in [-0.3, -0.25) is 0 Å². The molecule has 2 nitrogen and oxygen atoms in total. The van der Waals surface area contributed by atoms with Gasteiger partial charge in [-0.15, -0.1) is 11.6 Å². The first-order valence-electron chi connectivity index (χ1n) is 6.63. The van der Waals surface area contributed by atoms with Crippen LogP contribution in [-0.2, 0) is 9.47 Å². The zero-order valence-electron chi connectivity index (χ0n) is 9.79. The van der Waals surface area contributed by atoms with Crippen LogP contribution in [0.1, 0.15) is 38.5 Å². The van der Waals surface area contributed by atoms with Gasteiger partial charge in [-0.25, -0.2) is 0 Å². The van der Waals surface area contributed by atoms with Crippen LogP contribution in [0.4, 0.5) is 0 Å². The van der Waals surface area contributed by atoms with Gasteiger partial charge < -0.3 is 9.47 Å². The highest BCUT2D eigenvalue weighted by Gasteiger charge is 2.43. The van der Waals surface area contributed by atoms with Gasteiger partial charge in [0.2, 0.25) is 0 Å². The monoisotopic (exact) mass is 244 g/mol. The van der Waals surface area contributed by atoms with Crippen LogP contribution in [0, 0.1) is 11.8 Å². The van der Waals surface area contributed by atoms with Gasteiger partial charge in [0.25, 0.3) is 0 Å². The first-order chi connectivity index (χ1) is 7.77. The van der Waals surface area contributed by atoms with Crippen LogP contribution in [0.3, 0.4) is 0 Å². The van der Waals surface area contributed by atoms with Crippen molar-refractivity contribution in [3.8, 4) is 0 Å². The fourth-order valence-electron chi connectivity index (χ4n) is 3.72. The molecule has 92 valence electrons. The second-order valence-corrected chi connectivity index (χ2v) is 6.37. The first-order valence-corrected chi connectivity index (χ1v) is 7.07. The Balaban J connectivity index is 1.63. The topological polar surface area (TPSA) is 18.5 Å². The largest absolute Gasteiger partial charge is 0.378 e. The van der Waals surface area contributed by atoms with E-state index in [2.05, 4.69) is 0 Å². The van der Waals surface area contributed by atoms with E-state index in [-0.39, 0.29) is 5.60 Å². The highest BCUT2D eigenvalue weighted by atomic mass is 35.5. The third kappa shape index (κ3) is 2.12. The lowest BCUT2D eigenvalue weighted by molar-refractivity contribution is -0.106. The lowest BCUT2D eigenvalue weighted by atomic mass is 9.77. The van der Waals surface area contributed by atoms with Gasteiger partial charge >= 0.3 is 0 Å². The van der Waals surface area contributed by atoms with Crippen molar-refractivity contribution in [2.45, 2.75) is 49.5 Å². The summed E-state index contributed by atoms with van der Waals surface area (Å²) in [6.45, 7) is 2.63. The SMILES string of the molecule is ClC1CCC(C2CCOC3(CCOC3)C2)C1. The van der Waals surface area contributed by atoms with E-state index in [1.54, 1.807) is 0 Å². The molecule has 1 saturated carbocycles. The summed E-state index contributed by atoms with van der Waals surface area (Å²) in [4.78, 5) is 0. The molecule has 2 saturated heterocycles. The molecule has 0 aromatic heterocycles. The Labute approximate surface area is 103 Å². The van der Waals surface area contributed by atoms with Gasteiger partial charge in [0.05, 0.1) is 12.2 Å². The molecule has 0 aromatic carbocycles. The van der Waals surface area contributed by atoms with Crippen molar-refractivity contribution in [1.29, 1.82) is 0 Å². The summed E-state index contributed by atoms with van der Waals surface area (Å²) in [7, 11) is 0. The Morgan fingerprint density at radius 1 is 1.06 bits per heavy atom. The summed E-state index contributed by atoms with van der Waals surface area (Å²) in [5.74, 6) is 1.68. The van der Waals surface area contributed by atoms with Crippen LogP contribution in [0.15, 0.2) is 0 Å². The van der Waals surface area contributed by atoms with Gasteiger partial charge in [0.15, 0.2) is 0 Å². The van der Waals surface area contributed by atoms with Crippen LogP contribution in [0.5, 0.6) is 0 Å². The fourth-order valence-corrected chi connectivity index (χ4v) is 4.07. The van der Waals surface area contributed by atoms with E-state index in [0.29, 0.717) is 5.38 Å². The lowest BCUT2D eigenvalue weighted by Gasteiger charge is -2.39. The van der Waals surface area contributed by atoms with E-state index >= 15 is 0 Å². The van der Waals surface area contributed by atoms with Crippen LogP contribution < -0.4 is 0 Å². The molecule has 0 N–H and O–H groups in total. The van der Waals surface area contributed by atoms with Gasteiger partial charge in [-0.1, -0.05) is 0 Å². The smallest absolute Gasteiger partial charge is 0.0939 e. The zero-order valence-corrected chi connectivity index (χ0v) is 10.5. The standard InChI is InChI=1S/C13H21ClO2/c14-12-2-1-10(7-12)11-3-5-16-13(8-11)4-6-15-9-13/h10-12H,1-9H2. The van der Waals surface area contributed by atoms with Gasteiger partial charge in [-0.2, -0.15) is 0 Å². The van der Waals surface area contributed by atoms with Gasteiger partial charge in [-0.05, 0) is 43.9 Å². The first kappa shape index (κ1) is 11.3. The number of alkyl halides is 1. The van der Waals surface area contributed by atoms with Gasteiger partial charge in [0.1, 0.15) is 0 Å². The number of ether oxygens (including phenoxy) is 2. The molecule has 0 aromatic rings. The third-order valence-corrected chi connectivity index (χ3v) is 5.07. The normalized spacial score (nSPS) is 48.9. The molecule has 3 fully saturated rings. The molecule has 1 aliphatic carbocycles.